The number of aldehydes is 1. The molecule has 1 aromatic rings. The Morgan fingerprint density at radius 3 is 2.88 bits per heavy atom. The molecule has 0 bridgehead atoms. The van der Waals surface area contributed by atoms with Gasteiger partial charge in [0.1, 0.15) is 6.29 Å². The lowest BCUT2D eigenvalue weighted by atomic mass is 9.94. The van der Waals surface area contributed by atoms with Crippen molar-refractivity contribution >= 4 is 12.4 Å². The number of hydrogen-bond donors (Lipinski definition) is 0. The molecule has 1 aliphatic heterocycles. The van der Waals surface area contributed by atoms with Crippen LogP contribution < -0.4 is 0 Å². The first-order valence-corrected chi connectivity index (χ1v) is 5.57. The van der Waals surface area contributed by atoms with Gasteiger partial charge in [0.15, 0.2) is 0 Å². The van der Waals surface area contributed by atoms with Crippen molar-refractivity contribution in [3.05, 3.63) is 41.6 Å². The van der Waals surface area contributed by atoms with Crippen LogP contribution in [0.4, 0.5) is 0 Å². The first-order chi connectivity index (χ1) is 7.61. The predicted octanol–water partition coefficient (Wildman–Crippen LogP) is 2.70. The molecule has 1 aromatic carbocycles. The van der Waals surface area contributed by atoms with E-state index in [4.69, 9.17) is 0 Å². The molecule has 0 aromatic heterocycles. The van der Waals surface area contributed by atoms with Crippen LogP contribution in [0, 0.1) is 5.41 Å². The van der Waals surface area contributed by atoms with E-state index >= 15 is 0 Å². The number of benzene rings is 1. The highest BCUT2D eigenvalue weighted by molar-refractivity contribution is 5.59. The van der Waals surface area contributed by atoms with E-state index in [1.807, 2.05) is 19.9 Å². The molecule has 2 nitrogen and oxygen atoms in total. The van der Waals surface area contributed by atoms with Crippen LogP contribution >= 0.6 is 0 Å². The van der Waals surface area contributed by atoms with E-state index < -0.39 is 0 Å². The highest BCUT2D eigenvalue weighted by Crippen LogP contribution is 2.22. The summed E-state index contributed by atoms with van der Waals surface area (Å²) >= 11 is 0. The van der Waals surface area contributed by atoms with Crippen molar-refractivity contribution in [2.24, 2.45) is 5.41 Å². The zero-order chi connectivity index (χ0) is 11.6. The Hall–Kier alpha value is -1.57. The predicted molar refractivity (Wildman–Crippen MR) is 65.7 cm³/mol. The molecule has 2 heteroatoms. The van der Waals surface area contributed by atoms with Gasteiger partial charge in [0.2, 0.25) is 0 Å². The Labute approximate surface area is 96.6 Å². The molecule has 0 saturated heterocycles. The summed E-state index contributed by atoms with van der Waals surface area (Å²) < 4.78 is 0. The van der Waals surface area contributed by atoms with Crippen molar-refractivity contribution in [2.75, 3.05) is 6.54 Å². The highest BCUT2D eigenvalue weighted by atomic mass is 16.1. The normalized spacial score (nSPS) is 14.8. The molecule has 0 amide bonds. The summed E-state index contributed by atoms with van der Waals surface area (Å²) in [5.41, 5.74) is 2.32. The smallest absolute Gasteiger partial charge is 0.127 e. The average Bonchev–Trinajstić information content (AvgIpc) is 2.28. The number of rotatable bonds is 3. The fourth-order valence-electron chi connectivity index (χ4n) is 1.97. The van der Waals surface area contributed by atoms with Crippen LogP contribution in [0.3, 0.4) is 0 Å². The summed E-state index contributed by atoms with van der Waals surface area (Å²) in [6, 6.07) is 8.36. The van der Waals surface area contributed by atoms with Crippen LogP contribution in [0.25, 0.3) is 6.08 Å². The second-order valence-corrected chi connectivity index (χ2v) is 5.03. The molecule has 0 radical (unpaired) electrons. The third-order valence-corrected chi connectivity index (χ3v) is 2.82. The maximum atomic E-state index is 10.9. The van der Waals surface area contributed by atoms with Gasteiger partial charge >= 0.3 is 0 Å². The summed E-state index contributed by atoms with van der Waals surface area (Å²) in [5.74, 6) is 0. The van der Waals surface area contributed by atoms with E-state index in [1.54, 1.807) is 0 Å². The van der Waals surface area contributed by atoms with Crippen LogP contribution in [0.2, 0.25) is 0 Å². The van der Waals surface area contributed by atoms with E-state index in [-0.39, 0.29) is 5.41 Å². The summed E-state index contributed by atoms with van der Waals surface area (Å²) in [5, 5.41) is 0. The molecule has 2 rings (SSSR count). The quantitative estimate of drug-likeness (QED) is 0.722. The molecular formula is C14H17NO. The van der Waals surface area contributed by atoms with Gasteiger partial charge in [-0.2, -0.15) is 0 Å². The average molecular weight is 215 g/mol. The maximum Gasteiger partial charge on any atom is 0.127 e. The van der Waals surface area contributed by atoms with Crippen LogP contribution in [-0.2, 0) is 11.3 Å². The third kappa shape index (κ3) is 2.32. The summed E-state index contributed by atoms with van der Waals surface area (Å²) in [6.07, 6.45) is 5.22. The molecule has 0 fully saturated rings. The molecule has 0 N–H and O–H groups in total. The Bertz CT molecular complexity index is 420. The molecule has 16 heavy (non-hydrogen) atoms. The van der Waals surface area contributed by atoms with Crippen LogP contribution in [0.1, 0.15) is 25.0 Å². The molecule has 0 atom stereocenters. The molecule has 84 valence electrons. The van der Waals surface area contributed by atoms with Crippen molar-refractivity contribution in [2.45, 2.75) is 20.4 Å². The molecule has 1 heterocycles. The van der Waals surface area contributed by atoms with Crippen molar-refractivity contribution in [1.29, 1.82) is 0 Å². The van der Waals surface area contributed by atoms with Gasteiger partial charge in [-0.25, -0.2) is 0 Å². The van der Waals surface area contributed by atoms with Gasteiger partial charge in [0, 0.05) is 18.5 Å². The largest absolute Gasteiger partial charge is 0.372 e. The Kier molecular flexibility index (Phi) is 2.82. The van der Waals surface area contributed by atoms with E-state index in [0.717, 1.165) is 19.4 Å². The molecule has 1 aliphatic rings. The monoisotopic (exact) mass is 215 g/mol. The maximum absolute atomic E-state index is 10.9. The topological polar surface area (TPSA) is 20.3 Å². The standard InChI is InChI=1S/C14H17NO/c1-14(2,11-16)10-15-8-7-12-5-3-4-6-13(12)9-15/h3-8,11H,9-10H2,1-2H3. The fraction of sp³-hybridized carbons (Fsp3) is 0.357. The van der Waals surface area contributed by atoms with Crippen LogP contribution in [-0.4, -0.2) is 17.7 Å². The number of fused-ring (bicyclic) bond motifs is 1. The van der Waals surface area contributed by atoms with Crippen molar-refractivity contribution in [1.82, 2.24) is 4.90 Å². The first kappa shape index (κ1) is 10.9. The highest BCUT2D eigenvalue weighted by Gasteiger charge is 2.21. The second kappa shape index (κ2) is 4.12. The molecule has 0 unspecified atom stereocenters. The Balaban J connectivity index is 2.12. The minimum Gasteiger partial charge on any atom is -0.372 e. The van der Waals surface area contributed by atoms with Gasteiger partial charge in [-0.1, -0.05) is 38.1 Å². The van der Waals surface area contributed by atoms with Gasteiger partial charge in [-0.05, 0) is 23.4 Å². The van der Waals surface area contributed by atoms with E-state index in [1.165, 1.54) is 11.1 Å². The van der Waals surface area contributed by atoms with E-state index in [2.05, 4.69) is 35.4 Å². The van der Waals surface area contributed by atoms with Gasteiger partial charge in [-0.3, -0.25) is 0 Å². The van der Waals surface area contributed by atoms with Gasteiger partial charge in [0.25, 0.3) is 0 Å². The lowest BCUT2D eigenvalue weighted by Crippen LogP contribution is -2.32. The van der Waals surface area contributed by atoms with Crippen molar-refractivity contribution < 1.29 is 4.79 Å². The molecule has 0 aliphatic carbocycles. The molecule has 0 saturated carbocycles. The van der Waals surface area contributed by atoms with Gasteiger partial charge < -0.3 is 9.69 Å². The molecular weight excluding hydrogens is 198 g/mol. The van der Waals surface area contributed by atoms with E-state index in [0.29, 0.717) is 0 Å². The Morgan fingerprint density at radius 1 is 1.38 bits per heavy atom. The van der Waals surface area contributed by atoms with Gasteiger partial charge in [0.05, 0.1) is 0 Å². The lowest BCUT2D eigenvalue weighted by Gasteiger charge is -2.30. The first-order valence-electron chi connectivity index (χ1n) is 5.57. The van der Waals surface area contributed by atoms with E-state index in [9.17, 15) is 4.79 Å². The second-order valence-electron chi connectivity index (χ2n) is 5.03. The van der Waals surface area contributed by atoms with Crippen molar-refractivity contribution in [3.63, 3.8) is 0 Å². The number of carbonyl (C=O) groups is 1. The third-order valence-electron chi connectivity index (χ3n) is 2.82. The van der Waals surface area contributed by atoms with Gasteiger partial charge in [-0.15, -0.1) is 0 Å². The number of nitrogens with zero attached hydrogens (tertiary/aromatic N) is 1. The summed E-state index contributed by atoms with van der Waals surface area (Å²) in [4.78, 5) is 13.1. The lowest BCUT2D eigenvalue weighted by molar-refractivity contribution is -0.115. The molecule has 0 spiro atoms. The number of carbonyl (C=O) groups excluding carboxylic acids is 1. The minimum absolute atomic E-state index is 0.281. The fourth-order valence-corrected chi connectivity index (χ4v) is 1.97. The van der Waals surface area contributed by atoms with Crippen molar-refractivity contribution in [3.8, 4) is 0 Å². The Morgan fingerprint density at radius 2 is 2.12 bits per heavy atom. The van der Waals surface area contributed by atoms with Crippen LogP contribution in [0.5, 0.6) is 0 Å². The zero-order valence-corrected chi connectivity index (χ0v) is 9.81. The minimum atomic E-state index is -0.281. The van der Waals surface area contributed by atoms with Crippen LogP contribution in [0.15, 0.2) is 30.5 Å². The SMILES string of the molecule is CC(C)(C=O)CN1C=Cc2ccccc2C1. The summed E-state index contributed by atoms with van der Waals surface area (Å²) in [6.45, 7) is 5.59. The number of hydrogen-bond acceptors (Lipinski definition) is 2. The zero-order valence-electron chi connectivity index (χ0n) is 9.81. The summed E-state index contributed by atoms with van der Waals surface area (Å²) in [7, 11) is 0.